The van der Waals surface area contributed by atoms with E-state index >= 15 is 8.78 Å². The van der Waals surface area contributed by atoms with Crippen molar-refractivity contribution in [3.63, 3.8) is 0 Å². The van der Waals surface area contributed by atoms with Crippen LogP contribution in [0.25, 0.3) is 62.7 Å². The summed E-state index contributed by atoms with van der Waals surface area (Å²) < 4.78 is 95.3. The predicted molar refractivity (Wildman–Crippen MR) is 228 cm³/mol. The van der Waals surface area contributed by atoms with Gasteiger partial charge in [-0.3, -0.25) is 28.8 Å². The average Bonchev–Trinajstić information content (AvgIpc) is 3.61. The zero-order chi connectivity index (χ0) is 54.2. The third kappa shape index (κ3) is 14.9. The highest BCUT2D eigenvalue weighted by molar-refractivity contribution is 5.68. The van der Waals surface area contributed by atoms with E-state index in [1.54, 1.807) is 0 Å². The molecule has 73 heavy (non-hydrogen) atoms. The molecular weight excluding hydrogens is 995 g/mol. The van der Waals surface area contributed by atoms with E-state index in [4.69, 9.17) is 57.6 Å². The van der Waals surface area contributed by atoms with Gasteiger partial charge < -0.3 is 52.1 Å². The third-order valence-electron chi connectivity index (χ3n) is 11.2. The molecule has 35 nitrogen and oxygen atoms in total. The topological polar surface area (TPSA) is 497 Å². The summed E-state index contributed by atoms with van der Waals surface area (Å²) in [5.74, 6) is -11.5. The number of carbonyl (C=O) groups excluding carboxylic acids is 6. The van der Waals surface area contributed by atoms with Gasteiger partial charge in [-0.15, -0.1) is 0 Å². The van der Waals surface area contributed by atoms with E-state index in [-0.39, 0.29) is 6.42 Å². The number of alkyl halides is 2. The zero-order valence-electron chi connectivity index (χ0n) is 39.2. The lowest BCUT2D eigenvalue weighted by molar-refractivity contribution is -0.334. The Hall–Kier alpha value is -7.66. The van der Waals surface area contributed by atoms with Crippen LogP contribution in [0.1, 0.15) is 54.4 Å². The molecule has 0 aromatic heterocycles. The maximum Gasteiger partial charge on any atom is 0.310 e. The molecule has 2 aliphatic heterocycles. The molecule has 4 aliphatic rings. The van der Waals surface area contributed by atoms with Gasteiger partial charge in [-0.2, -0.15) is 8.78 Å². The summed E-state index contributed by atoms with van der Waals surface area (Å²) in [4.78, 5) is 91.3. The van der Waals surface area contributed by atoms with Crippen LogP contribution in [0, 0.1) is 5.92 Å². The van der Waals surface area contributed by atoms with Gasteiger partial charge in [0.1, 0.15) is 61.4 Å². The first-order chi connectivity index (χ1) is 34.6. The van der Waals surface area contributed by atoms with Gasteiger partial charge in [0.2, 0.25) is 0 Å². The lowest BCUT2D eigenvalue weighted by Gasteiger charge is -2.48. The SMILES string of the molecule is CC(=O)OC[C@H]1O[C@@H](O[C@H]2[C@H](O[C@H]3O[C@H](CN=[N+]=[N-])C(F)(F)[C@H](OC(C)=O)C3N=[N+]=[N-])C(N=[N+]=[N-])CC(N=[N+]=[N-])[C@@H]2OC(C)=O)[C@H](OC(C)=O)[C@@H]1O[C@H]1C[C@@H](CN=[N+]=[N-])[C@@H](OC(C)=O)[C@H](OC(C)=O)C1N=[N+]=[N-]. The molecule has 0 spiro atoms. The maximum atomic E-state index is 16.0. The molecule has 2 aliphatic carbocycles. The second kappa shape index (κ2) is 26.7. The second-order valence-electron chi connectivity index (χ2n) is 16.2. The van der Waals surface area contributed by atoms with Gasteiger partial charge in [-0.05, 0) is 46.0 Å². The molecular formula is C36H46F2N18O17. The molecule has 4 rings (SSSR count). The highest BCUT2D eigenvalue weighted by atomic mass is 19.3. The highest BCUT2D eigenvalue weighted by Crippen LogP contribution is 2.43. The summed E-state index contributed by atoms with van der Waals surface area (Å²) in [5.41, 5.74) is 56.9. The number of hydrogen-bond acceptors (Lipinski definition) is 23. The molecule has 0 bridgehead atoms. The molecule has 0 aromatic rings. The first kappa shape index (κ1) is 57.9. The predicted octanol–water partition coefficient (Wildman–Crippen LogP) is 4.58. The van der Waals surface area contributed by atoms with Crippen LogP contribution >= 0.6 is 0 Å². The standard InChI is InChI=1S/C36H46F2N18O17/c1-12(57)63-11-22-29(69-21-7-18(9-45-51-39)26(64-13(2)58)30(66-15(4)60)24(21)49-55-43)32(67-16(5)61)35(70-22)73-31-27(65-14(3)59)19(47-53-41)8-20(48-54-42)28(31)72-34-25(50-56-44)33(68-17(6)62)36(37,38)23(71-34)10-46-52-40/h18-35H,7-11H2,1-6H3/t18-,19?,20?,21-,22+,23+,24?,25?,26+,27-,28+,29+,30+,31+,32+,33+,34+,35-/m0/s1. The smallest absolute Gasteiger partial charge is 0.310 e. The minimum Gasteiger partial charge on any atom is -0.463 e. The average molecular weight is 1040 g/mol. The van der Waals surface area contributed by atoms with E-state index in [1.807, 2.05) is 0 Å². The van der Waals surface area contributed by atoms with Crippen LogP contribution in [0.2, 0.25) is 0 Å². The monoisotopic (exact) mass is 1040 g/mol. The molecule has 0 N–H and O–H groups in total. The highest BCUT2D eigenvalue weighted by Gasteiger charge is 2.63. The van der Waals surface area contributed by atoms with Gasteiger partial charge in [0.05, 0.1) is 30.8 Å². The lowest BCUT2D eigenvalue weighted by atomic mass is 9.79. The number of esters is 6. The Morgan fingerprint density at radius 1 is 0.521 bits per heavy atom. The fourth-order valence-corrected chi connectivity index (χ4v) is 8.65. The van der Waals surface area contributed by atoms with Gasteiger partial charge in [0.15, 0.2) is 24.8 Å². The van der Waals surface area contributed by atoms with E-state index in [2.05, 4.69) is 60.2 Å². The molecule has 2 saturated heterocycles. The minimum absolute atomic E-state index is 0.329. The first-order valence-corrected chi connectivity index (χ1v) is 21.5. The normalized spacial score (nSPS) is 34.0. The van der Waals surface area contributed by atoms with Crippen molar-refractivity contribution in [2.45, 2.75) is 164 Å². The van der Waals surface area contributed by atoms with Crippen LogP contribution in [-0.2, 0) is 80.9 Å². The second-order valence-corrected chi connectivity index (χ2v) is 16.2. The van der Waals surface area contributed by atoms with Crippen LogP contribution in [0.5, 0.6) is 0 Å². The van der Waals surface area contributed by atoms with Crippen LogP contribution < -0.4 is 0 Å². The van der Waals surface area contributed by atoms with Crippen LogP contribution in [-0.4, -0.2) is 165 Å². The molecule has 0 amide bonds. The van der Waals surface area contributed by atoms with Crippen molar-refractivity contribution in [1.29, 1.82) is 0 Å². The fourth-order valence-electron chi connectivity index (χ4n) is 8.65. The molecule has 2 saturated carbocycles. The maximum absolute atomic E-state index is 16.0. The fraction of sp³-hybridized carbons (Fsp3) is 0.833. The Kier molecular flexibility index (Phi) is 21.2. The van der Waals surface area contributed by atoms with Gasteiger partial charge in [0, 0.05) is 83.5 Å². The molecule has 37 heteroatoms. The van der Waals surface area contributed by atoms with E-state index < -0.39 is 178 Å². The van der Waals surface area contributed by atoms with Crippen molar-refractivity contribution in [2.75, 3.05) is 19.7 Å². The Morgan fingerprint density at radius 2 is 1.03 bits per heavy atom. The van der Waals surface area contributed by atoms with Crippen LogP contribution in [0.3, 0.4) is 0 Å². The first-order valence-electron chi connectivity index (χ1n) is 21.5. The van der Waals surface area contributed by atoms with Crippen molar-refractivity contribution < 1.29 is 89.7 Å². The summed E-state index contributed by atoms with van der Waals surface area (Å²) in [6.45, 7) is 3.29. The van der Waals surface area contributed by atoms with Crippen molar-refractivity contribution >= 4 is 35.8 Å². The van der Waals surface area contributed by atoms with E-state index in [1.165, 1.54) is 0 Å². The van der Waals surface area contributed by atoms with Crippen molar-refractivity contribution in [3.8, 4) is 0 Å². The number of halogens is 2. The summed E-state index contributed by atoms with van der Waals surface area (Å²) in [7, 11) is 0. The Balaban J connectivity index is 1.95. The zero-order valence-corrected chi connectivity index (χ0v) is 39.2. The number of ether oxygens (including phenoxy) is 11. The Bertz CT molecular complexity index is 2370. The van der Waals surface area contributed by atoms with Crippen molar-refractivity contribution in [2.24, 2.45) is 36.6 Å². The van der Waals surface area contributed by atoms with E-state index in [0.717, 1.165) is 41.5 Å². The minimum atomic E-state index is -4.27. The molecule has 0 radical (unpaired) electrons. The number of carbonyl (C=O) groups is 6. The molecule has 18 atom stereocenters. The summed E-state index contributed by atoms with van der Waals surface area (Å²) in [6.07, 6.45) is -26.1. The molecule has 396 valence electrons. The summed E-state index contributed by atoms with van der Waals surface area (Å²) >= 11 is 0. The number of hydrogen-bond donors (Lipinski definition) is 0. The van der Waals surface area contributed by atoms with Gasteiger partial charge >= 0.3 is 41.7 Å². The Labute approximate surface area is 408 Å². The summed E-state index contributed by atoms with van der Waals surface area (Å²) in [6, 6.07) is -7.14. The summed E-state index contributed by atoms with van der Waals surface area (Å²) in [5, 5.41) is 21.2. The lowest BCUT2D eigenvalue weighted by Crippen LogP contribution is -2.66. The van der Waals surface area contributed by atoms with Crippen molar-refractivity contribution in [3.05, 3.63) is 62.7 Å². The van der Waals surface area contributed by atoms with E-state index in [9.17, 15) is 56.4 Å². The quantitative estimate of drug-likeness (QED) is 0.0499. The third-order valence-corrected chi connectivity index (χ3v) is 11.2. The molecule has 4 unspecified atom stereocenters. The van der Waals surface area contributed by atoms with Crippen LogP contribution in [0.15, 0.2) is 30.7 Å². The van der Waals surface area contributed by atoms with Gasteiger partial charge in [-0.25, -0.2) is 0 Å². The molecule has 2 heterocycles. The molecule has 0 aromatic carbocycles. The number of azide groups is 6. The largest absolute Gasteiger partial charge is 0.463 e. The van der Waals surface area contributed by atoms with Gasteiger partial charge in [0.25, 0.3) is 0 Å². The molecule has 4 fully saturated rings. The number of nitrogens with zero attached hydrogens (tertiary/aromatic N) is 18. The Morgan fingerprint density at radius 3 is 1.58 bits per heavy atom. The van der Waals surface area contributed by atoms with Crippen molar-refractivity contribution in [1.82, 2.24) is 0 Å². The van der Waals surface area contributed by atoms with Crippen LogP contribution in [0.4, 0.5) is 8.78 Å². The van der Waals surface area contributed by atoms with E-state index in [0.29, 0.717) is 0 Å². The number of rotatable bonds is 21. The van der Waals surface area contributed by atoms with Gasteiger partial charge in [-0.1, -0.05) is 30.7 Å².